The maximum atomic E-state index is 13.9. The van der Waals surface area contributed by atoms with Crippen molar-refractivity contribution in [2.24, 2.45) is 5.92 Å². The number of aryl methyl sites for hydroxylation is 1. The zero-order chi connectivity index (χ0) is 24.1. The molecule has 0 aliphatic carbocycles. The van der Waals surface area contributed by atoms with Crippen LogP contribution >= 0.6 is 0 Å². The predicted octanol–water partition coefficient (Wildman–Crippen LogP) is 4.76. The molecule has 0 radical (unpaired) electrons. The standard InChI is InChI=1S/C28H28F2N2O2/c1-19-12-22(10-11-26(19)30)23-15-24(28(34)31-16-21-8-5-9-25(29)13-21)18-32(17-23)27(33)14-20-6-3-2-4-7-20/h2-13,23-24H,14-18H2,1H3,(H,31,34). The molecule has 1 heterocycles. The SMILES string of the molecule is Cc1cc(C2CC(C(=O)NCc3cccc(F)c3)CN(C(=O)Cc3ccccc3)C2)ccc1F. The molecule has 4 nitrogen and oxygen atoms in total. The number of carbonyl (C=O) groups is 2. The van der Waals surface area contributed by atoms with E-state index >= 15 is 0 Å². The molecule has 1 aliphatic rings. The van der Waals surface area contributed by atoms with Gasteiger partial charge in [0, 0.05) is 25.6 Å². The Morgan fingerprint density at radius 1 is 0.941 bits per heavy atom. The van der Waals surface area contributed by atoms with Gasteiger partial charge in [0.1, 0.15) is 11.6 Å². The monoisotopic (exact) mass is 462 g/mol. The maximum absolute atomic E-state index is 13.9. The zero-order valence-corrected chi connectivity index (χ0v) is 19.1. The van der Waals surface area contributed by atoms with Crippen LogP contribution in [0.25, 0.3) is 0 Å². The number of nitrogens with zero attached hydrogens (tertiary/aromatic N) is 1. The van der Waals surface area contributed by atoms with E-state index in [0.29, 0.717) is 30.6 Å². The molecule has 1 fully saturated rings. The van der Waals surface area contributed by atoms with Gasteiger partial charge in [0.15, 0.2) is 0 Å². The van der Waals surface area contributed by atoms with Crippen LogP contribution < -0.4 is 5.32 Å². The predicted molar refractivity (Wildman–Crippen MR) is 127 cm³/mol. The van der Waals surface area contributed by atoms with Crippen molar-refractivity contribution < 1.29 is 18.4 Å². The normalized spacial score (nSPS) is 17.9. The van der Waals surface area contributed by atoms with E-state index in [1.54, 1.807) is 36.1 Å². The summed E-state index contributed by atoms with van der Waals surface area (Å²) in [6, 6.07) is 20.6. The summed E-state index contributed by atoms with van der Waals surface area (Å²) < 4.78 is 27.3. The molecule has 1 N–H and O–H groups in total. The molecule has 0 spiro atoms. The number of hydrogen-bond acceptors (Lipinski definition) is 2. The smallest absolute Gasteiger partial charge is 0.227 e. The van der Waals surface area contributed by atoms with Crippen LogP contribution in [0.4, 0.5) is 8.78 Å². The van der Waals surface area contributed by atoms with Crippen molar-refractivity contribution in [3.63, 3.8) is 0 Å². The largest absolute Gasteiger partial charge is 0.352 e. The third-order valence-corrected chi connectivity index (χ3v) is 6.38. The molecular formula is C28H28F2N2O2. The number of carbonyl (C=O) groups excluding carboxylic acids is 2. The summed E-state index contributed by atoms with van der Waals surface area (Å²) in [5.41, 5.74) is 3.04. The molecule has 3 aromatic carbocycles. The lowest BCUT2D eigenvalue weighted by atomic mass is 9.83. The molecule has 176 valence electrons. The van der Waals surface area contributed by atoms with Gasteiger partial charge in [-0.25, -0.2) is 8.78 Å². The second-order valence-electron chi connectivity index (χ2n) is 8.95. The molecule has 34 heavy (non-hydrogen) atoms. The molecule has 4 rings (SSSR count). The fraction of sp³-hybridized carbons (Fsp3) is 0.286. The van der Waals surface area contributed by atoms with Crippen LogP contribution in [0, 0.1) is 24.5 Å². The first-order valence-electron chi connectivity index (χ1n) is 11.5. The van der Waals surface area contributed by atoms with Crippen molar-refractivity contribution in [1.29, 1.82) is 0 Å². The summed E-state index contributed by atoms with van der Waals surface area (Å²) in [4.78, 5) is 28.0. The quantitative estimate of drug-likeness (QED) is 0.574. The number of hydrogen-bond donors (Lipinski definition) is 1. The minimum atomic E-state index is -0.419. The minimum absolute atomic E-state index is 0.0438. The fourth-order valence-corrected chi connectivity index (χ4v) is 4.52. The Morgan fingerprint density at radius 2 is 1.71 bits per heavy atom. The van der Waals surface area contributed by atoms with E-state index < -0.39 is 5.92 Å². The van der Waals surface area contributed by atoms with E-state index in [2.05, 4.69) is 5.32 Å². The molecule has 0 saturated carbocycles. The second-order valence-corrected chi connectivity index (χ2v) is 8.95. The van der Waals surface area contributed by atoms with E-state index in [-0.39, 0.29) is 42.3 Å². The number of amides is 2. The van der Waals surface area contributed by atoms with Crippen LogP contribution in [-0.2, 0) is 22.6 Å². The molecule has 2 atom stereocenters. The molecule has 2 amide bonds. The molecule has 6 heteroatoms. The highest BCUT2D eigenvalue weighted by molar-refractivity contribution is 5.82. The molecule has 2 unspecified atom stereocenters. The number of halogens is 2. The molecule has 1 saturated heterocycles. The Hall–Kier alpha value is -3.54. The van der Waals surface area contributed by atoms with Crippen LogP contribution in [0.1, 0.15) is 34.6 Å². The lowest BCUT2D eigenvalue weighted by Crippen LogP contribution is -2.48. The van der Waals surface area contributed by atoms with Crippen LogP contribution in [0.3, 0.4) is 0 Å². The van der Waals surface area contributed by atoms with Gasteiger partial charge in [0.25, 0.3) is 0 Å². The Labute approximate surface area is 198 Å². The van der Waals surface area contributed by atoms with Crippen molar-refractivity contribution in [2.75, 3.05) is 13.1 Å². The minimum Gasteiger partial charge on any atom is -0.352 e. The van der Waals surface area contributed by atoms with Gasteiger partial charge in [-0.2, -0.15) is 0 Å². The van der Waals surface area contributed by atoms with E-state index in [0.717, 1.165) is 11.1 Å². The number of nitrogens with one attached hydrogen (secondary N) is 1. The van der Waals surface area contributed by atoms with Gasteiger partial charge in [-0.3, -0.25) is 9.59 Å². The van der Waals surface area contributed by atoms with Crippen molar-refractivity contribution in [3.05, 3.63) is 107 Å². The van der Waals surface area contributed by atoms with Gasteiger partial charge in [-0.1, -0.05) is 54.6 Å². The maximum Gasteiger partial charge on any atom is 0.227 e. The first-order valence-corrected chi connectivity index (χ1v) is 11.5. The summed E-state index contributed by atoms with van der Waals surface area (Å²) in [6.07, 6.45) is 0.808. The van der Waals surface area contributed by atoms with E-state index in [1.807, 2.05) is 30.3 Å². The van der Waals surface area contributed by atoms with Gasteiger partial charge in [0.2, 0.25) is 11.8 Å². The third kappa shape index (κ3) is 5.87. The highest BCUT2D eigenvalue weighted by Crippen LogP contribution is 2.32. The lowest BCUT2D eigenvalue weighted by molar-refractivity contribution is -0.135. The van der Waals surface area contributed by atoms with Gasteiger partial charge in [-0.05, 0) is 53.8 Å². The highest BCUT2D eigenvalue weighted by Gasteiger charge is 2.34. The van der Waals surface area contributed by atoms with E-state index in [1.165, 1.54) is 18.2 Å². The second kappa shape index (κ2) is 10.6. The van der Waals surface area contributed by atoms with Crippen LogP contribution in [0.2, 0.25) is 0 Å². The average molecular weight is 463 g/mol. The Bertz CT molecular complexity index is 1170. The van der Waals surface area contributed by atoms with Crippen LogP contribution in [0.15, 0.2) is 72.8 Å². The summed E-state index contributed by atoms with van der Waals surface area (Å²) in [6.45, 7) is 2.72. The number of piperidine rings is 1. The van der Waals surface area contributed by atoms with Gasteiger partial charge < -0.3 is 10.2 Å². The summed E-state index contributed by atoms with van der Waals surface area (Å²) in [5.74, 6) is -1.35. The Kier molecular flexibility index (Phi) is 7.36. The molecule has 0 aromatic heterocycles. The molecule has 0 bridgehead atoms. The van der Waals surface area contributed by atoms with Crippen LogP contribution in [-0.4, -0.2) is 29.8 Å². The first-order chi connectivity index (χ1) is 16.4. The van der Waals surface area contributed by atoms with Gasteiger partial charge >= 0.3 is 0 Å². The third-order valence-electron chi connectivity index (χ3n) is 6.38. The Morgan fingerprint density at radius 3 is 2.44 bits per heavy atom. The van der Waals surface area contributed by atoms with Crippen molar-refractivity contribution in [2.45, 2.75) is 32.2 Å². The number of likely N-dealkylation sites (tertiary alicyclic amines) is 1. The summed E-state index contributed by atoms with van der Waals surface area (Å²) >= 11 is 0. The van der Waals surface area contributed by atoms with Crippen molar-refractivity contribution >= 4 is 11.8 Å². The molecular weight excluding hydrogens is 434 g/mol. The summed E-state index contributed by atoms with van der Waals surface area (Å²) in [7, 11) is 0. The van der Waals surface area contributed by atoms with Crippen molar-refractivity contribution in [1.82, 2.24) is 10.2 Å². The molecule has 3 aromatic rings. The highest BCUT2D eigenvalue weighted by atomic mass is 19.1. The topological polar surface area (TPSA) is 49.4 Å². The average Bonchev–Trinajstić information content (AvgIpc) is 2.84. The van der Waals surface area contributed by atoms with E-state index in [9.17, 15) is 18.4 Å². The first kappa shape index (κ1) is 23.6. The Balaban J connectivity index is 1.51. The molecule has 1 aliphatic heterocycles. The van der Waals surface area contributed by atoms with Crippen molar-refractivity contribution in [3.8, 4) is 0 Å². The number of benzene rings is 3. The lowest BCUT2D eigenvalue weighted by Gasteiger charge is -2.37. The zero-order valence-electron chi connectivity index (χ0n) is 19.1. The fourth-order valence-electron chi connectivity index (χ4n) is 4.52. The number of rotatable bonds is 6. The van der Waals surface area contributed by atoms with Crippen LogP contribution in [0.5, 0.6) is 0 Å². The van der Waals surface area contributed by atoms with Gasteiger partial charge in [0.05, 0.1) is 12.3 Å². The summed E-state index contributed by atoms with van der Waals surface area (Å²) in [5, 5.41) is 2.89. The van der Waals surface area contributed by atoms with Gasteiger partial charge in [-0.15, -0.1) is 0 Å². The van der Waals surface area contributed by atoms with E-state index in [4.69, 9.17) is 0 Å².